The lowest BCUT2D eigenvalue weighted by molar-refractivity contribution is -0.383. The minimum atomic E-state index is -0.374. The monoisotopic (exact) mass is 442 g/mol. The predicted octanol–water partition coefficient (Wildman–Crippen LogP) is 4.67. The van der Waals surface area contributed by atoms with Crippen molar-refractivity contribution < 1.29 is 4.92 Å². The van der Waals surface area contributed by atoms with Crippen LogP contribution >= 0.6 is 11.6 Å². The van der Waals surface area contributed by atoms with Gasteiger partial charge in [-0.1, -0.05) is 29.3 Å². The molecule has 1 fully saturated rings. The highest BCUT2D eigenvalue weighted by Crippen LogP contribution is 2.33. The van der Waals surface area contributed by atoms with Gasteiger partial charge in [0, 0.05) is 43.4 Å². The number of piperazine rings is 1. The number of rotatable bonds is 7. The number of aromatic nitrogens is 2. The highest BCUT2D eigenvalue weighted by Gasteiger charge is 2.29. The van der Waals surface area contributed by atoms with Crippen molar-refractivity contribution in [2.45, 2.75) is 32.1 Å². The topological polar surface area (TPSA) is 87.4 Å². The van der Waals surface area contributed by atoms with Crippen molar-refractivity contribution in [1.29, 1.82) is 0 Å². The maximum absolute atomic E-state index is 11.9. The Kier molecular flexibility index (Phi) is 6.86. The van der Waals surface area contributed by atoms with E-state index in [1.54, 1.807) is 0 Å². The van der Waals surface area contributed by atoms with Crippen LogP contribution in [-0.2, 0) is 0 Å². The van der Waals surface area contributed by atoms with E-state index >= 15 is 0 Å². The molecular weight excluding hydrogens is 416 g/mol. The first-order chi connectivity index (χ1) is 15.1. The summed E-state index contributed by atoms with van der Waals surface area (Å²) in [5, 5.41) is 15.8. The van der Waals surface area contributed by atoms with Crippen LogP contribution in [0.2, 0.25) is 5.02 Å². The van der Waals surface area contributed by atoms with Crippen molar-refractivity contribution >= 4 is 34.6 Å². The van der Waals surface area contributed by atoms with Gasteiger partial charge in [-0.3, -0.25) is 10.1 Å². The van der Waals surface area contributed by atoms with Crippen LogP contribution in [-0.4, -0.2) is 47.6 Å². The molecule has 1 N–H and O–H groups in total. The van der Waals surface area contributed by atoms with Crippen LogP contribution in [0, 0.1) is 10.1 Å². The second kappa shape index (κ2) is 9.96. The van der Waals surface area contributed by atoms with Crippen LogP contribution < -0.4 is 15.1 Å². The number of hydrogen-bond acceptors (Lipinski definition) is 7. The Bertz CT molecular complexity index is 959. The summed E-state index contributed by atoms with van der Waals surface area (Å²) in [6, 6.07) is 7.75. The number of allylic oxidation sites excluding steroid dienone is 1. The summed E-state index contributed by atoms with van der Waals surface area (Å²) in [5.41, 5.74) is 2.44. The molecule has 1 saturated heterocycles. The first kappa shape index (κ1) is 21.4. The van der Waals surface area contributed by atoms with Crippen molar-refractivity contribution in [3.63, 3.8) is 0 Å². The van der Waals surface area contributed by atoms with E-state index < -0.39 is 0 Å². The van der Waals surface area contributed by atoms with Gasteiger partial charge in [-0.25, -0.2) is 9.97 Å². The zero-order valence-electron chi connectivity index (χ0n) is 17.5. The predicted molar refractivity (Wildman–Crippen MR) is 124 cm³/mol. The summed E-state index contributed by atoms with van der Waals surface area (Å²) in [6.07, 6.45) is 9.32. The van der Waals surface area contributed by atoms with Gasteiger partial charge in [0.25, 0.3) is 0 Å². The third-order valence-corrected chi connectivity index (χ3v) is 6.10. The lowest BCUT2D eigenvalue weighted by Gasteiger charge is -2.36. The smallest absolute Gasteiger partial charge is 0.353 e. The first-order valence-corrected chi connectivity index (χ1v) is 11.2. The third-order valence-electron chi connectivity index (χ3n) is 5.86. The number of nitrogens with zero attached hydrogens (tertiary/aromatic N) is 5. The fraction of sp³-hybridized carbons (Fsp3) is 0.455. The lowest BCUT2D eigenvalue weighted by Crippen LogP contribution is -2.47. The summed E-state index contributed by atoms with van der Waals surface area (Å²) in [7, 11) is 0. The molecule has 0 bridgehead atoms. The molecule has 1 aliphatic carbocycles. The average molecular weight is 443 g/mol. The molecule has 2 aliphatic rings. The molecule has 9 heteroatoms. The van der Waals surface area contributed by atoms with Crippen LogP contribution in [0.25, 0.3) is 0 Å². The maximum atomic E-state index is 11.9. The van der Waals surface area contributed by atoms with Crippen molar-refractivity contribution in [3.05, 3.63) is 57.4 Å². The second-order valence-electron chi connectivity index (χ2n) is 7.89. The number of halogens is 1. The van der Waals surface area contributed by atoms with Gasteiger partial charge in [-0.2, -0.15) is 0 Å². The minimum Gasteiger partial charge on any atom is -0.368 e. The molecule has 2 heterocycles. The normalized spacial score (nSPS) is 16.7. The second-order valence-corrected chi connectivity index (χ2v) is 8.33. The highest BCUT2D eigenvalue weighted by atomic mass is 35.5. The number of benzene rings is 1. The molecule has 0 radical (unpaired) electrons. The first-order valence-electron chi connectivity index (χ1n) is 10.8. The van der Waals surface area contributed by atoms with E-state index in [-0.39, 0.29) is 10.6 Å². The van der Waals surface area contributed by atoms with E-state index in [9.17, 15) is 10.1 Å². The van der Waals surface area contributed by atoms with Crippen LogP contribution in [0.5, 0.6) is 0 Å². The van der Waals surface area contributed by atoms with E-state index in [1.165, 1.54) is 24.7 Å². The van der Waals surface area contributed by atoms with E-state index in [0.717, 1.165) is 38.0 Å². The van der Waals surface area contributed by atoms with Crippen molar-refractivity contribution in [2.24, 2.45) is 0 Å². The van der Waals surface area contributed by atoms with Crippen molar-refractivity contribution in [3.8, 4) is 0 Å². The number of anilines is 3. The van der Waals surface area contributed by atoms with E-state index in [1.807, 2.05) is 29.2 Å². The van der Waals surface area contributed by atoms with E-state index in [4.69, 9.17) is 11.6 Å². The van der Waals surface area contributed by atoms with Gasteiger partial charge in [0.05, 0.1) is 4.92 Å². The Morgan fingerprint density at radius 1 is 1.13 bits per heavy atom. The quantitative estimate of drug-likeness (QED) is 0.378. The van der Waals surface area contributed by atoms with Gasteiger partial charge in [-0.05, 0) is 50.3 Å². The molecule has 0 unspecified atom stereocenters. The van der Waals surface area contributed by atoms with Crippen LogP contribution in [0.1, 0.15) is 32.1 Å². The van der Waals surface area contributed by atoms with Crippen molar-refractivity contribution in [2.75, 3.05) is 47.8 Å². The molecule has 0 atom stereocenters. The molecule has 0 saturated carbocycles. The summed E-state index contributed by atoms with van der Waals surface area (Å²) in [6.45, 7) is 3.37. The molecule has 164 valence electrons. The summed E-state index contributed by atoms with van der Waals surface area (Å²) in [4.78, 5) is 24.2. The zero-order chi connectivity index (χ0) is 21.6. The molecule has 8 nitrogen and oxygen atoms in total. The maximum Gasteiger partial charge on any atom is 0.353 e. The van der Waals surface area contributed by atoms with Crippen LogP contribution in [0.4, 0.5) is 23.0 Å². The molecular formula is C22H27ClN6O2. The lowest BCUT2D eigenvalue weighted by atomic mass is 9.97. The van der Waals surface area contributed by atoms with E-state index in [2.05, 4.69) is 26.3 Å². The SMILES string of the molecule is O=[N+]([O-])c1c(NCCC2=CCCCC2)ncnc1N1CCN(c2cccc(Cl)c2)CC1. The van der Waals surface area contributed by atoms with Gasteiger partial charge < -0.3 is 15.1 Å². The van der Waals surface area contributed by atoms with Gasteiger partial charge in [0.1, 0.15) is 6.33 Å². The van der Waals surface area contributed by atoms with E-state index in [0.29, 0.717) is 36.3 Å². The Morgan fingerprint density at radius 2 is 1.94 bits per heavy atom. The Hall–Kier alpha value is -2.87. The molecule has 31 heavy (non-hydrogen) atoms. The highest BCUT2D eigenvalue weighted by molar-refractivity contribution is 6.30. The molecule has 1 aliphatic heterocycles. The summed E-state index contributed by atoms with van der Waals surface area (Å²) >= 11 is 6.11. The molecule has 1 aromatic heterocycles. The molecule has 0 spiro atoms. The summed E-state index contributed by atoms with van der Waals surface area (Å²) < 4.78 is 0. The molecule has 4 rings (SSSR count). The van der Waals surface area contributed by atoms with Gasteiger partial charge in [0.15, 0.2) is 0 Å². The average Bonchev–Trinajstić information content (AvgIpc) is 2.79. The molecule has 2 aromatic rings. The Morgan fingerprint density at radius 3 is 2.65 bits per heavy atom. The van der Waals surface area contributed by atoms with Crippen molar-refractivity contribution in [1.82, 2.24) is 9.97 Å². The number of nitro groups is 1. The fourth-order valence-corrected chi connectivity index (χ4v) is 4.41. The van der Waals surface area contributed by atoms with Crippen LogP contribution in [0.3, 0.4) is 0 Å². The Balaban J connectivity index is 1.44. The summed E-state index contributed by atoms with van der Waals surface area (Å²) in [5.74, 6) is 0.675. The van der Waals surface area contributed by atoms with Crippen LogP contribution in [0.15, 0.2) is 42.2 Å². The van der Waals surface area contributed by atoms with Gasteiger partial charge in [0.2, 0.25) is 11.6 Å². The largest absolute Gasteiger partial charge is 0.368 e. The van der Waals surface area contributed by atoms with Gasteiger partial charge in [-0.15, -0.1) is 0 Å². The molecule has 1 aromatic carbocycles. The van der Waals surface area contributed by atoms with Gasteiger partial charge >= 0.3 is 5.69 Å². The standard InChI is InChI=1S/C22H27ClN6O2/c23-18-7-4-8-19(15-18)27-11-13-28(14-12-27)22-20(29(30)31)21(25-16-26-22)24-10-9-17-5-2-1-3-6-17/h4-5,7-8,15-16H,1-3,6,9-14H2,(H,24,25,26). The zero-order valence-corrected chi connectivity index (χ0v) is 18.2. The number of nitrogens with one attached hydrogen (secondary N) is 1. The number of hydrogen-bond donors (Lipinski definition) is 1. The molecule has 0 amide bonds. The third kappa shape index (κ3) is 5.25. The minimum absolute atomic E-state index is 0.0451. The fourth-order valence-electron chi connectivity index (χ4n) is 4.22. The Labute approximate surface area is 187 Å².